The van der Waals surface area contributed by atoms with Gasteiger partial charge < -0.3 is 29.0 Å². The zero-order valence-electron chi connectivity index (χ0n) is 17.5. The Hall–Kier alpha value is -2.66. The molecule has 1 saturated heterocycles. The number of nitrogens with one attached hydrogen (secondary N) is 1. The predicted octanol–water partition coefficient (Wildman–Crippen LogP) is 1.48. The van der Waals surface area contributed by atoms with Gasteiger partial charge in [0.25, 0.3) is 0 Å². The van der Waals surface area contributed by atoms with Gasteiger partial charge in [-0.05, 0) is 24.3 Å². The lowest BCUT2D eigenvalue weighted by atomic mass is 9.96. The molecule has 1 aromatic carbocycles. The van der Waals surface area contributed by atoms with E-state index in [2.05, 4.69) is 21.2 Å². The Morgan fingerprint density at radius 3 is 2.03 bits per heavy atom. The van der Waals surface area contributed by atoms with Gasteiger partial charge in [0.1, 0.15) is 24.5 Å². The third-order valence-corrected chi connectivity index (χ3v) is 4.67. The summed E-state index contributed by atoms with van der Waals surface area (Å²) in [6.45, 7) is 4.54. The summed E-state index contributed by atoms with van der Waals surface area (Å²) in [5, 5.41) is 2.63. The Morgan fingerprint density at radius 1 is 0.935 bits per heavy atom. The van der Waals surface area contributed by atoms with Crippen LogP contribution >= 0.6 is 15.9 Å². The number of carbonyl (C=O) groups excluding carboxylic acids is 4. The number of hydrogen-bond donors (Lipinski definition) is 1. The normalized spacial score (nSPS) is 25.1. The van der Waals surface area contributed by atoms with Crippen molar-refractivity contribution < 1.29 is 42.9 Å². The minimum atomic E-state index is -1.17. The minimum absolute atomic E-state index is 0.294. The number of rotatable bonds is 7. The average Bonchev–Trinajstić information content (AvgIpc) is 2.65. The van der Waals surface area contributed by atoms with Crippen LogP contribution in [0.15, 0.2) is 28.7 Å². The highest BCUT2D eigenvalue weighted by atomic mass is 79.9. The fourth-order valence-electron chi connectivity index (χ4n) is 3.04. The molecule has 0 radical (unpaired) electrons. The summed E-state index contributed by atoms with van der Waals surface area (Å²) in [4.78, 5) is 46.7. The summed E-state index contributed by atoms with van der Waals surface area (Å²) >= 11 is 3.33. The van der Waals surface area contributed by atoms with E-state index in [0.717, 1.165) is 4.47 Å². The molecule has 0 aliphatic carbocycles. The van der Waals surface area contributed by atoms with Gasteiger partial charge in [0.2, 0.25) is 12.2 Å². The number of halogens is 1. The second-order valence-corrected chi connectivity index (χ2v) is 7.71. The first kappa shape index (κ1) is 24.6. The van der Waals surface area contributed by atoms with E-state index in [1.807, 2.05) is 0 Å². The van der Waals surface area contributed by atoms with Crippen LogP contribution < -0.4 is 10.1 Å². The SMILES string of the molecule is CC(=O)N[C@H]1[C@@H](Oc2ccc(Br)cc2)O[C@@H](COC(C)=O)[C@@H](OC(C)=O)[C@@H]1OC(C)=O. The standard InChI is InChI=1S/C20H24BrNO9/c1-10(23)22-17-19(29-13(4)26)18(28-12(3)25)16(9-27-11(2)24)31-20(17)30-15-7-5-14(21)6-8-15/h5-8,16-20H,9H2,1-4H3,(H,22,23)/t16-,17+,18+,19+,20-/m0/s1. The van der Waals surface area contributed by atoms with E-state index in [0.29, 0.717) is 5.75 Å². The number of benzene rings is 1. The van der Waals surface area contributed by atoms with Crippen LogP contribution in [0.25, 0.3) is 0 Å². The molecule has 1 fully saturated rings. The average molecular weight is 502 g/mol. The third-order valence-electron chi connectivity index (χ3n) is 4.14. The van der Waals surface area contributed by atoms with Gasteiger partial charge in [0.05, 0.1) is 0 Å². The minimum Gasteiger partial charge on any atom is -0.463 e. The molecule has 1 heterocycles. The number of esters is 3. The van der Waals surface area contributed by atoms with Crippen LogP contribution in [0.1, 0.15) is 27.7 Å². The molecule has 10 nitrogen and oxygen atoms in total. The maximum atomic E-state index is 11.9. The first-order valence-electron chi connectivity index (χ1n) is 9.39. The molecule has 170 valence electrons. The van der Waals surface area contributed by atoms with Crippen molar-refractivity contribution in [3.05, 3.63) is 28.7 Å². The van der Waals surface area contributed by atoms with E-state index < -0.39 is 54.5 Å². The molecule has 1 aromatic rings. The molecule has 1 aliphatic heterocycles. The fraction of sp³-hybridized carbons (Fsp3) is 0.500. The second kappa shape index (κ2) is 11.1. The third kappa shape index (κ3) is 7.51. The number of carbonyl (C=O) groups is 4. The lowest BCUT2D eigenvalue weighted by Gasteiger charge is -2.44. The van der Waals surface area contributed by atoms with Gasteiger partial charge in [0, 0.05) is 32.2 Å². The Kier molecular flexibility index (Phi) is 8.81. The Balaban J connectivity index is 2.43. The molecule has 5 atom stereocenters. The van der Waals surface area contributed by atoms with Crippen LogP contribution in [0, 0.1) is 0 Å². The molecular formula is C20H24BrNO9. The Bertz CT molecular complexity index is 813. The summed E-state index contributed by atoms with van der Waals surface area (Å²) in [7, 11) is 0. The highest BCUT2D eigenvalue weighted by Crippen LogP contribution is 2.29. The lowest BCUT2D eigenvalue weighted by molar-refractivity contribution is -0.257. The van der Waals surface area contributed by atoms with Crippen LogP contribution in [0.3, 0.4) is 0 Å². The second-order valence-electron chi connectivity index (χ2n) is 6.79. The van der Waals surface area contributed by atoms with Gasteiger partial charge in [-0.15, -0.1) is 0 Å². The summed E-state index contributed by atoms with van der Waals surface area (Å²) < 4.78 is 28.4. The molecule has 0 bridgehead atoms. The highest BCUT2D eigenvalue weighted by Gasteiger charge is 2.51. The van der Waals surface area contributed by atoms with Crippen molar-refractivity contribution >= 4 is 39.7 Å². The molecular weight excluding hydrogens is 478 g/mol. The molecule has 1 amide bonds. The van der Waals surface area contributed by atoms with Gasteiger partial charge in [-0.2, -0.15) is 0 Å². The van der Waals surface area contributed by atoms with Crippen LogP contribution in [0.5, 0.6) is 5.75 Å². The molecule has 0 spiro atoms. The molecule has 1 aliphatic rings. The van der Waals surface area contributed by atoms with Crippen LogP contribution in [-0.2, 0) is 38.1 Å². The highest BCUT2D eigenvalue weighted by molar-refractivity contribution is 9.10. The maximum absolute atomic E-state index is 11.9. The maximum Gasteiger partial charge on any atom is 0.303 e. The quantitative estimate of drug-likeness (QED) is 0.436. The molecule has 0 unspecified atom stereocenters. The first-order chi connectivity index (χ1) is 14.6. The van der Waals surface area contributed by atoms with E-state index >= 15 is 0 Å². The smallest absolute Gasteiger partial charge is 0.303 e. The zero-order chi connectivity index (χ0) is 23.1. The first-order valence-corrected chi connectivity index (χ1v) is 10.2. The summed E-state index contributed by atoms with van der Waals surface area (Å²) in [6, 6.07) is 5.79. The number of ether oxygens (including phenoxy) is 5. The van der Waals surface area contributed by atoms with Gasteiger partial charge in [-0.1, -0.05) is 15.9 Å². The van der Waals surface area contributed by atoms with E-state index in [4.69, 9.17) is 23.7 Å². The van der Waals surface area contributed by atoms with Gasteiger partial charge in [0.15, 0.2) is 12.2 Å². The molecule has 1 N–H and O–H groups in total. The summed E-state index contributed by atoms with van der Waals surface area (Å²) in [6.07, 6.45) is -4.51. The zero-order valence-corrected chi connectivity index (χ0v) is 19.0. The molecule has 11 heteroatoms. The largest absolute Gasteiger partial charge is 0.463 e. The van der Waals surface area contributed by atoms with Crippen molar-refractivity contribution in [3.63, 3.8) is 0 Å². The monoisotopic (exact) mass is 501 g/mol. The molecule has 31 heavy (non-hydrogen) atoms. The van der Waals surface area contributed by atoms with E-state index in [9.17, 15) is 19.2 Å². The number of amides is 1. The summed E-state index contributed by atoms with van der Waals surface area (Å²) in [5.41, 5.74) is 0. The topological polar surface area (TPSA) is 126 Å². The van der Waals surface area contributed by atoms with E-state index in [1.54, 1.807) is 24.3 Å². The fourth-order valence-corrected chi connectivity index (χ4v) is 3.30. The lowest BCUT2D eigenvalue weighted by Crippen LogP contribution is -2.67. The van der Waals surface area contributed by atoms with Crippen molar-refractivity contribution in [1.29, 1.82) is 0 Å². The number of hydrogen-bond acceptors (Lipinski definition) is 9. The van der Waals surface area contributed by atoms with Gasteiger partial charge in [-0.25, -0.2) is 0 Å². The van der Waals surface area contributed by atoms with Crippen LogP contribution in [-0.4, -0.2) is 61.1 Å². The van der Waals surface area contributed by atoms with Crippen molar-refractivity contribution in [1.82, 2.24) is 5.32 Å². The van der Waals surface area contributed by atoms with Crippen molar-refractivity contribution in [2.75, 3.05) is 6.61 Å². The molecule has 0 saturated carbocycles. The molecule has 2 rings (SSSR count). The van der Waals surface area contributed by atoms with Gasteiger partial charge >= 0.3 is 17.9 Å². The van der Waals surface area contributed by atoms with Crippen molar-refractivity contribution in [3.8, 4) is 5.75 Å². The van der Waals surface area contributed by atoms with Crippen molar-refractivity contribution in [2.24, 2.45) is 0 Å². The van der Waals surface area contributed by atoms with Crippen LogP contribution in [0.2, 0.25) is 0 Å². The van der Waals surface area contributed by atoms with Gasteiger partial charge in [-0.3, -0.25) is 19.2 Å². The van der Waals surface area contributed by atoms with Crippen LogP contribution in [0.4, 0.5) is 0 Å². The van der Waals surface area contributed by atoms with E-state index in [-0.39, 0.29) is 6.61 Å². The Morgan fingerprint density at radius 2 is 1.52 bits per heavy atom. The molecule has 0 aromatic heterocycles. The van der Waals surface area contributed by atoms with Crippen molar-refractivity contribution in [2.45, 2.75) is 58.3 Å². The van der Waals surface area contributed by atoms with E-state index in [1.165, 1.54) is 27.7 Å². The predicted molar refractivity (Wildman–Crippen MR) is 109 cm³/mol. The Labute approximate surface area is 187 Å². The summed E-state index contributed by atoms with van der Waals surface area (Å²) in [5.74, 6) is -1.97.